The van der Waals surface area contributed by atoms with Gasteiger partial charge >= 0.3 is 0 Å². The van der Waals surface area contributed by atoms with Crippen molar-refractivity contribution in [2.45, 2.75) is 24.9 Å². The maximum absolute atomic E-state index is 13.5. The number of hydrogen-bond acceptors (Lipinski definition) is 5. The second kappa shape index (κ2) is 8.46. The van der Waals surface area contributed by atoms with E-state index < -0.39 is 39.7 Å². The average Bonchev–Trinajstić information content (AvgIpc) is 2.68. The van der Waals surface area contributed by atoms with Gasteiger partial charge in [0.25, 0.3) is 5.91 Å². The largest absolute Gasteiger partial charge is 0.354 e. The molecule has 1 aromatic carbocycles. The van der Waals surface area contributed by atoms with Crippen LogP contribution < -0.4 is 10.6 Å². The van der Waals surface area contributed by atoms with Crippen molar-refractivity contribution < 1.29 is 27.2 Å². The Hall–Kier alpha value is -2.53. The van der Waals surface area contributed by atoms with Crippen LogP contribution in [0.4, 0.5) is 4.39 Å². The SMILES string of the molecule is CS(=O)(=O)N1CCN(C(=O)c2cccc(F)c2)CC1C(=O)NC1CCCNC1=O. The van der Waals surface area contributed by atoms with E-state index in [1.54, 1.807) is 0 Å². The van der Waals surface area contributed by atoms with Gasteiger partial charge < -0.3 is 15.5 Å². The molecule has 0 saturated carbocycles. The summed E-state index contributed by atoms with van der Waals surface area (Å²) in [5.74, 6) is -2.03. The fourth-order valence-corrected chi connectivity index (χ4v) is 4.58. The van der Waals surface area contributed by atoms with Crippen LogP contribution in [0.2, 0.25) is 0 Å². The van der Waals surface area contributed by atoms with Crippen LogP contribution in [0.1, 0.15) is 23.2 Å². The van der Waals surface area contributed by atoms with Crippen molar-refractivity contribution in [3.05, 3.63) is 35.6 Å². The van der Waals surface area contributed by atoms with E-state index in [0.717, 1.165) is 16.6 Å². The molecule has 2 fully saturated rings. The molecule has 0 aliphatic carbocycles. The van der Waals surface area contributed by atoms with Crippen LogP contribution in [0.5, 0.6) is 0 Å². The Labute approximate surface area is 168 Å². The Morgan fingerprint density at radius 2 is 2.03 bits per heavy atom. The number of piperazine rings is 1. The van der Waals surface area contributed by atoms with Gasteiger partial charge in [0.1, 0.15) is 17.9 Å². The molecule has 2 aliphatic heterocycles. The molecule has 29 heavy (non-hydrogen) atoms. The molecule has 0 spiro atoms. The van der Waals surface area contributed by atoms with Gasteiger partial charge in [-0.25, -0.2) is 12.8 Å². The number of benzene rings is 1. The van der Waals surface area contributed by atoms with E-state index in [1.165, 1.54) is 23.1 Å². The summed E-state index contributed by atoms with van der Waals surface area (Å²) in [6, 6.07) is 3.24. The normalized spacial score (nSPS) is 23.4. The molecule has 11 heteroatoms. The first-order chi connectivity index (χ1) is 13.7. The number of hydrogen-bond donors (Lipinski definition) is 2. The van der Waals surface area contributed by atoms with Crippen LogP contribution in [0, 0.1) is 5.82 Å². The third kappa shape index (κ3) is 4.91. The van der Waals surface area contributed by atoms with Gasteiger partial charge in [-0.2, -0.15) is 4.31 Å². The van der Waals surface area contributed by atoms with Crippen LogP contribution in [-0.4, -0.2) is 79.9 Å². The molecule has 0 aromatic heterocycles. The molecule has 2 atom stereocenters. The van der Waals surface area contributed by atoms with E-state index in [9.17, 15) is 27.2 Å². The number of rotatable bonds is 4. The highest BCUT2D eigenvalue weighted by Gasteiger charge is 2.40. The predicted octanol–water partition coefficient (Wildman–Crippen LogP) is -0.693. The molecule has 2 heterocycles. The zero-order valence-corrected chi connectivity index (χ0v) is 16.7. The zero-order valence-electron chi connectivity index (χ0n) is 15.9. The van der Waals surface area contributed by atoms with Gasteiger partial charge in [0.05, 0.1) is 6.26 Å². The van der Waals surface area contributed by atoms with E-state index >= 15 is 0 Å². The lowest BCUT2D eigenvalue weighted by Crippen LogP contribution is -2.63. The smallest absolute Gasteiger partial charge is 0.254 e. The van der Waals surface area contributed by atoms with E-state index in [2.05, 4.69) is 10.6 Å². The minimum atomic E-state index is -3.72. The zero-order chi connectivity index (χ0) is 21.2. The number of carbonyl (C=O) groups excluding carboxylic acids is 3. The lowest BCUT2D eigenvalue weighted by Gasteiger charge is -2.39. The van der Waals surface area contributed by atoms with Crippen molar-refractivity contribution in [3.63, 3.8) is 0 Å². The summed E-state index contributed by atoms with van der Waals surface area (Å²) >= 11 is 0. The second-order valence-corrected chi connectivity index (χ2v) is 9.08. The van der Waals surface area contributed by atoms with E-state index in [-0.39, 0.29) is 31.1 Å². The fraction of sp³-hybridized carbons (Fsp3) is 0.500. The Balaban J connectivity index is 1.79. The molecular formula is C18H23FN4O5S. The molecule has 9 nitrogen and oxygen atoms in total. The van der Waals surface area contributed by atoms with Gasteiger partial charge in [-0.1, -0.05) is 6.07 Å². The number of sulfonamides is 1. The molecule has 2 unspecified atom stereocenters. The Bertz CT molecular complexity index is 923. The molecule has 1 aromatic rings. The van der Waals surface area contributed by atoms with Gasteiger partial charge in [-0.3, -0.25) is 14.4 Å². The van der Waals surface area contributed by atoms with Crippen molar-refractivity contribution in [2.75, 3.05) is 32.4 Å². The molecule has 158 valence electrons. The Morgan fingerprint density at radius 1 is 1.28 bits per heavy atom. The Kier molecular flexibility index (Phi) is 6.18. The van der Waals surface area contributed by atoms with E-state index in [0.29, 0.717) is 19.4 Å². The van der Waals surface area contributed by atoms with Gasteiger partial charge in [0.2, 0.25) is 21.8 Å². The number of carbonyl (C=O) groups is 3. The molecule has 2 saturated heterocycles. The number of nitrogens with zero attached hydrogens (tertiary/aromatic N) is 2. The molecule has 2 N–H and O–H groups in total. The summed E-state index contributed by atoms with van der Waals surface area (Å²) in [7, 11) is -3.72. The lowest BCUT2D eigenvalue weighted by atomic mass is 10.1. The number of amides is 3. The van der Waals surface area contributed by atoms with Crippen molar-refractivity contribution in [2.24, 2.45) is 0 Å². The lowest BCUT2D eigenvalue weighted by molar-refractivity contribution is -0.132. The highest BCUT2D eigenvalue weighted by atomic mass is 32.2. The third-order valence-electron chi connectivity index (χ3n) is 5.02. The molecular weight excluding hydrogens is 403 g/mol. The van der Waals surface area contributed by atoms with Crippen molar-refractivity contribution in [3.8, 4) is 0 Å². The summed E-state index contributed by atoms with van der Waals surface area (Å²) in [6.45, 7) is 0.327. The van der Waals surface area contributed by atoms with Crippen molar-refractivity contribution >= 4 is 27.7 Å². The first-order valence-electron chi connectivity index (χ1n) is 9.26. The van der Waals surface area contributed by atoms with Crippen LogP contribution in [0.3, 0.4) is 0 Å². The predicted molar refractivity (Wildman–Crippen MR) is 102 cm³/mol. The highest BCUT2D eigenvalue weighted by molar-refractivity contribution is 7.88. The minimum absolute atomic E-state index is 0.0656. The van der Waals surface area contributed by atoms with E-state index in [4.69, 9.17) is 0 Å². The standard InChI is InChI=1S/C18H23FN4O5S/c1-29(27,28)23-9-8-22(18(26)12-4-2-5-13(19)10-12)11-15(23)17(25)21-14-6-3-7-20-16(14)24/h2,4-5,10,14-15H,3,6-9,11H2,1H3,(H,20,24)(H,21,25). The van der Waals surface area contributed by atoms with Gasteiger partial charge in [-0.15, -0.1) is 0 Å². The number of nitrogens with one attached hydrogen (secondary N) is 2. The Morgan fingerprint density at radius 3 is 2.69 bits per heavy atom. The van der Waals surface area contributed by atoms with E-state index in [1.807, 2.05) is 0 Å². The van der Waals surface area contributed by atoms with Crippen LogP contribution >= 0.6 is 0 Å². The highest BCUT2D eigenvalue weighted by Crippen LogP contribution is 2.18. The summed E-state index contributed by atoms with van der Waals surface area (Å²) in [4.78, 5) is 38.8. The van der Waals surface area contributed by atoms with Crippen LogP contribution in [0.15, 0.2) is 24.3 Å². The summed E-state index contributed by atoms with van der Waals surface area (Å²) < 4.78 is 38.8. The monoisotopic (exact) mass is 426 g/mol. The van der Waals surface area contributed by atoms with Crippen LogP contribution in [0.25, 0.3) is 0 Å². The van der Waals surface area contributed by atoms with Gasteiger partial charge in [0, 0.05) is 31.7 Å². The summed E-state index contributed by atoms with van der Waals surface area (Å²) in [5, 5.41) is 5.24. The second-order valence-electron chi connectivity index (χ2n) is 7.15. The third-order valence-corrected chi connectivity index (χ3v) is 6.31. The van der Waals surface area contributed by atoms with Gasteiger partial charge in [-0.05, 0) is 31.0 Å². The maximum Gasteiger partial charge on any atom is 0.254 e. The quantitative estimate of drug-likeness (QED) is 0.661. The molecule has 2 aliphatic rings. The average molecular weight is 426 g/mol. The van der Waals surface area contributed by atoms with Crippen molar-refractivity contribution in [1.82, 2.24) is 19.8 Å². The number of piperidine rings is 1. The molecule has 0 radical (unpaired) electrons. The van der Waals surface area contributed by atoms with Crippen LogP contribution in [-0.2, 0) is 19.6 Å². The fourth-order valence-electron chi connectivity index (χ4n) is 3.54. The number of halogens is 1. The van der Waals surface area contributed by atoms with Crippen molar-refractivity contribution in [1.29, 1.82) is 0 Å². The first kappa shape index (κ1) is 21.2. The topological polar surface area (TPSA) is 116 Å². The summed E-state index contributed by atoms with van der Waals surface area (Å²) in [6.07, 6.45) is 2.14. The van der Waals surface area contributed by atoms with Gasteiger partial charge in [0.15, 0.2) is 0 Å². The molecule has 0 bridgehead atoms. The summed E-state index contributed by atoms with van der Waals surface area (Å²) in [5.41, 5.74) is 0.114. The molecule has 3 amide bonds. The molecule has 3 rings (SSSR count). The first-order valence-corrected chi connectivity index (χ1v) is 11.1. The minimum Gasteiger partial charge on any atom is -0.354 e. The maximum atomic E-state index is 13.5.